The van der Waals surface area contributed by atoms with Crippen LogP contribution in [0.2, 0.25) is 0 Å². The van der Waals surface area contributed by atoms with Crippen molar-refractivity contribution >= 4 is 42.2 Å². The van der Waals surface area contributed by atoms with Gasteiger partial charge in [-0.25, -0.2) is 9.38 Å². The maximum absolute atomic E-state index is 14.8. The number of nitrogens with one attached hydrogen (secondary N) is 3. The Kier molecular flexibility index (Phi) is 13.8. The number of nitrogens with zero attached hydrogens (tertiary/aromatic N) is 1. The lowest BCUT2D eigenvalue weighted by molar-refractivity contribution is -0.119. The third-order valence-corrected chi connectivity index (χ3v) is 5.86. The van der Waals surface area contributed by atoms with Crippen molar-refractivity contribution in [1.82, 2.24) is 5.32 Å². The van der Waals surface area contributed by atoms with E-state index in [4.69, 9.17) is 9.47 Å². The second kappa shape index (κ2) is 17.0. The third kappa shape index (κ3) is 10.4. The standard InChI is InChI=1S/C22H24FN3O4.C7H15N/c1-4-24-22(21-15(2)13-18(14-19(21)23)30-12-11-29-3)26-17-7-5-16(6-8-17)25-20(28)9-10-27;1-8-6-7-4-2-3-5-7/h4-8,10,13-14,26H,2,9,11-12H2,1,3H3,(H,25,28);7-8H,2-6H2,1H3/b22-21-,24-4-;. The lowest BCUT2D eigenvalue weighted by Gasteiger charge is -2.11. The molecule has 1 aliphatic carbocycles. The van der Waals surface area contributed by atoms with E-state index in [0.717, 1.165) is 5.92 Å². The number of methoxy groups -OCH3 is 1. The summed E-state index contributed by atoms with van der Waals surface area (Å²) in [6.45, 7) is 7.56. The molecule has 38 heavy (non-hydrogen) atoms. The zero-order valence-electron chi connectivity index (χ0n) is 22.5. The molecule has 206 valence electrons. The largest absolute Gasteiger partial charge is 0.491 e. The second-order valence-corrected chi connectivity index (χ2v) is 8.85. The van der Waals surface area contributed by atoms with E-state index in [9.17, 15) is 14.0 Å². The van der Waals surface area contributed by atoms with Crippen LogP contribution < -0.4 is 31.1 Å². The Morgan fingerprint density at radius 3 is 2.34 bits per heavy atom. The van der Waals surface area contributed by atoms with E-state index < -0.39 is 11.7 Å². The summed E-state index contributed by atoms with van der Waals surface area (Å²) >= 11 is 0. The first kappa shape index (κ1) is 30.7. The molecule has 1 aliphatic rings. The predicted octanol–water partition coefficient (Wildman–Crippen LogP) is 3.45. The SMILES string of the molecule is C=c1cc(OCCOC)cc(F)/c1=C(/N=C\C)Nc1ccc(NC(=O)CC=O)cc1.CNCC1CCCC1. The van der Waals surface area contributed by atoms with E-state index in [0.29, 0.717) is 41.8 Å². The summed E-state index contributed by atoms with van der Waals surface area (Å²) < 4.78 is 25.2. The Labute approximate surface area is 224 Å². The number of benzene rings is 2. The molecule has 1 fully saturated rings. The van der Waals surface area contributed by atoms with Crippen molar-refractivity contribution in [2.75, 3.05) is 44.5 Å². The van der Waals surface area contributed by atoms with Crippen LogP contribution in [0.25, 0.3) is 12.4 Å². The van der Waals surface area contributed by atoms with Crippen LogP contribution in [0.1, 0.15) is 39.0 Å². The molecule has 0 atom stereocenters. The fourth-order valence-corrected chi connectivity index (χ4v) is 4.08. The van der Waals surface area contributed by atoms with Gasteiger partial charge in [0.05, 0.1) is 18.2 Å². The van der Waals surface area contributed by atoms with Crippen molar-refractivity contribution in [1.29, 1.82) is 0 Å². The summed E-state index contributed by atoms with van der Waals surface area (Å²) in [6.07, 6.45) is 7.71. The molecule has 0 aliphatic heterocycles. The number of aliphatic imine (C=N–C) groups is 1. The molecule has 0 radical (unpaired) electrons. The van der Waals surface area contributed by atoms with Gasteiger partial charge in [-0.05, 0) is 74.8 Å². The highest BCUT2D eigenvalue weighted by Gasteiger charge is 2.12. The number of amides is 1. The van der Waals surface area contributed by atoms with Gasteiger partial charge in [0.15, 0.2) is 0 Å². The fourth-order valence-electron chi connectivity index (χ4n) is 4.08. The van der Waals surface area contributed by atoms with Crippen molar-refractivity contribution in [3.63, 3.8) is 0 Å². The van der Waals surface area contributed by atoms with Crippen LogP contribution >= 0.6 is 0 Å². The molecular weight excluding hydrogens is 487 g/mol. The quantitative estimate of drug-likeness (QED) is 0.170. The monoisotopic (exact) mass is 526 g/mol. The van der Waals surface area contributed by atoms with Gasteiger partial charge < -0.3 is 30.2 Å². The Balaban J connectivity index is 0.000000538. The molecule has 0 heterocycles. The molecule has 0 aromatic heterocycles. The highest BCUT2D eigenvalue weighted by molar-refractivity contribution is 5.98. The van der Waals surface area contributed by atoms with E-state index in [-0.39, 0.29) is 17.5 Å². The number of carbonyl (C=O) groups is 2. The lowest BCUT2D eigenvalue weighted by Crippen LogP contribution is -2.31. The van der Waals surface area contributed by atoms with Crippen LogP contribution in [0.15, 0.2) is 41.4 Å². The molecule has 0 bridgehead atoms. The molecule has 2 aromatic carbocycles. The van der Waals surface area contributed by atoms with Gasteiger partial charge in [-0.15, -0.1) is 0 Å². The van der Waals surface area contributed by atoms with E-state index in [1.807, 2.05) is 7.05 Å². The predicted molar refractivity (Wildman–Crippen MR) is 151 cm³/mol. The molecule has 8 nitrogen and oxygen atoms in total. The first-order chi connectivity index (χ1) is 18.4. The highest BCUT2D eigenvalue weighted by atomic mass is 19.1. The number of hydrogen-bond donors (Lipinski definition) is 3. The van der Waals surface area contributed by atoms with Crippen molar-refractivity contribution in [2.45, 2.75) is 39.0 Å². The molecule has 3 N–H and O–H groups in total. The number of halogens is 1. The van der Waals surface area contributed by atoms with Gasteiger partial charge in [-0.3, -0.25) is 4.79 Å². The van der Waals surface area contributed by atoms with E-state index in [2.05, 4.69) is 27.5 Å². The van der Waals surface area contributed by atoms with Gasteiger partial charge >= 0.3 is 0 Å². The first-order valence-electron chi connectivity index (χ1n) is 12.8. The zero-order valence-corrected chi connectivity index (χ0v) is 22.5. The Hall–Kier alpha value is -3.56. The number of rotatable bonds is 12. The van der Waals surface area contributed by atoms with Gasteiger partial charge in [0.25, 0.3) is 0 Å². The maximum atomic E-state index is 14.8. The number of carbonyl (C=O) groups excluding carboxylic acids is 2. The van der Waals surface area contributed by atoms with E-state index >= 15 is 0 Å². The first-order valence-corrected chi connectivity index (χ1v) is 12.8. The highest BCUT2D eigenvalue weighted by Crippen LogP contribution is 2.23. The molecule has 1 saturated carbocycles. The van der Waals surface area contributed by atoms with E-state index in [1.54, 1.807) is 44.4 Å². The van der Waals surface area contributed by atoms with E-state index in [1.165, 1.54) is 44.5 Å². The van der Waals surface area contributed by atoms with Crippen LogP contribution in [0.4, 0.5) is 15.8 Å². The summed E-state index contributed by atoms with van der Waals surface area (Å²) in [4.78, 5) is 26.1. The minimum absolute atomic E-state index is 0.208. The van der Waals surface area contributed by atoms with Crippen molar-refractivity contribution < 1.29 is 23.5 Å². The molecule has 9 heteroatoms. The summed E-state index contributed by atoms with van der Waals surface area (Å²) in [7, 11) is 3.60. The Bertz CT molecular complexity index is 1160. The number of aldehydes is 1. The average molecular weight is 527 g/mol. The second-order valence-electron chi connectivity index (χ2n) is 8.85. The summed E-state index contributed by atoms with van der Waals surface area (Å²) in [5, 5.41) is 9.50. The zero-order chi connectivity index (χ0) is 27.8. The summed E-state index contributed by atoms with van der Waals surface area (Å²) in [5.41, 5.74) is 1.16. The van der Waals surface area contributed by atoms with Crippen LogP contribution in [-0.2, 0) is 14.3 Å². The number of hydrogen-bond acceptors (Lipinski definition) is 7. The molecule has 0 spiro atoms. The van der Waals surface area contributed by atoms with Gasteiger partial charge in [0.1, 0.15) is 30.3 Å². The molecular formula is C29H39FN4O4. The average Bonchev–Trinajstić information content (AvgIpc) is 3.39. The van der Waals surface area contributed by atoms with Crippen LogP contribution in [-0.4, -0.2) is 52.3 Å². The molecule has 3 rings (SSSR count). The Morgan fingerprint density at radius 2 is 1.79 bits per heavy atom. The molecule has 0 saturated heterocycles. The van der Waals surface area contributed by atoms with Crippen molar-refractivity contribution in [2.24, 2.45) is 10.9 Å². The van der Waals surface area contributed by atoms with Crippen LogP contribution in [0.5, 0.6) is 5.75 Å². The molecule has 0 unspecified atom stereocenters. The fraction of sp³-hybridized carbons (Fsp3) is 0.414. The van der Waals surface area contributed by atoms with Gasteiger partial charge in [-0.2, -0.15) is 0 Å². The minimum atomic E-state index is -0.527. The Morgan fingerprint density at radius 1 is 1.13 bits per heavy atom. The van der Waals surface area contributed by atoms with Gasteiger partial charge in [0.2, 0.25) is 5.91 Å². The third-order valence-electron chi connectivity index (χ3n) is 5.86. The summed E-state index contributed by atoms with van der Waals surface area (Å²) in [5.74, 6) is 0.709. The van der Waals surface area contributed by atoms with Gasteiger partial charge in [0, 0.05) is 30.8 Å². The minimum Gasteiger partial charge on any atom is -0.491 e. The molecule has 2 aromatic rings. The van der Waals surface area contributed by atoms with Crippen molar-refractivity contribution in [3.8, 4) is 5.75 Å². The number of ether oxygens (including phenoxy) is 2. The number of anilines is 2. The van der Waals surface area contributed by atoms with Crippen LogP contribution in [0.3, 0.4) is 0 Å². The summed E-state index contributed by atoms with van der Waals surface area (Å²) in [6, 6.07) is 9.62. The smallest absolute Gasteiger partial charge is 0.231 e. The molecule has 1 amide bonds. The normalized spacial score (nSPS) is 14.0. The van der Waals surface area contributed by atoms with Crippen LogP contribution in [0, 0.1) is 11.7 Å². The van der Waals surface area contributed by atoms with Crippen molar-refractivity contribution in [3.05, 3.63) is 52.7 Å². The lowest BCUT2D eigenvalue weighted by atomic mass is 10.1. The maximum Gasteiger partial charge on any atom is 0.231 e. The topological polar surface area (TPSA) is 101 Å². The van der Waals surface area contributed by atoms with Gasteiger partial charge in [-0.1, -0.05) is 19.4 Å².